The van der Waals surface area contributed by atoms with Gasteiger partial charge in [0, 0.05) is 17.4 Å². The number of hydrogen-bond donors (Lipinski definition) is 1. The molecule has 0 atom stereocenters. The second-order valence-corrected chi connectivity index (χ2v) is 5.91. The Morgan fingerprint density at radius 3 is 2.39 bits per heavy atom. The van der Waals surface area contributed by atoms with Gasteiger partial charge in [-0.05, 0) is 24.5 Å². The van der Waals surface area contributed by atoms with E-state index >= 15 is 0 Å². The number of benzene rings is 1. The van der Waals surface area contributed by atoms with Gasteiger partial charge in [0.15, 0.2) is 0 Å². The summed E-state index contributed by atoms with van der Waals surface area (Å²) in [6.07, 6.45) is 1.33. The van der Waals surface area contributed by atoms with E-state index in [-0.39, 0.29) is 5.91 Å². The van der Waals surface area contributed by atoms with E-state index in [1.807, 2.05) is 29.6 Å². The zero-order valence-corrected chi connectivity index (χ0v) is 14.5. The lowest BCUT2D eigenvalue weighted by Gasteiger charge is -2.08. The maximum Gasteiger partial charge on any atom is 0.341 e. The zero-order valence-electron chi connectivity index (χ0n) is 13.6. The van der Waals surface area contributed by atoms with E-state index in [0.29, 0.717) is 23.6 Å². The van der Waals surface area contributed by atoms with E-state index in [4.69, 9.17) is 4.74 Å². The van der Waals surface area contributed by atoms with Crippen molar-refractivity contribution in [3.63, 3.8) is 0 Å². The molecule has 0 bridgehead atoms. The van der Waals surface area contributed by atoms with Crippen LogP contribution in [0.5, 0.6) is 0 Å². The third-order valence-corrected chi connectivity index (χ3v) is 4.41. The van der Waals surface area contributed by atoms with Crippen molar-refractivity contribution in [1.29, 1.82) is 0 Å². The van der Waals surface area contributed by atoms with Crippen molar-refractivity contribution in [3.8, 4) is 11.1 Å². The summed E-state index contributed by atoms with van der Waals surface area (Å²) in [4.78, 5) is 24.0. The molecule has 0 aliphatic carbocycles. The number of hydrogen-bond acceptors (Lipinski definition) is 4. The number of rotatable bonds is 6. The molecule has 0 aliphatic heterocycles. The minimum absolute atomic E-state index is 0.120. The van der Waals surface area contributed by atoms with Gasteiger partial charge in [-0.2, -0.15) is 0 Å². The highest BCUT2D eigenvalue weighted by Gasteiger charge is 2.22. The van der Waals surface area contributed by atoms with Crippen LogP contribution in [0.2, 0.25) is 0 Å². The van der Waals surface area contributed by atoms with E-state index in [2.05, 4.69) is 12.2 Å². The molecule has 1 aromatic heterocycles. The Morgan fingerprint density at radius 2 is 1.83 bits per heavy atom. The lowest BCUT2D eigenvalue weighted by molar-refractivity contribution is -0.115. The van der Waals surface area contributed by atoms with Crippen LogP contribution in [0, 0.1) is 0 Å². The molecular weight excluding hydrogens is 310 g/mol. The Bertz CT molecular complexity index is 689. The van der Waals surface area contributed by atoms with Crippen LogP contribution >= 0.6 is 11.3 Å². The standard InChI is InChI=1S/C18H21NO3S/c1-4-12-7-9-13(10-8-12)14-11-23-17(19-15(20)5-2)16(14)18(21)22-6-3/h7-11H,4-6H2,1-3H3,(H,19,20). The van der Waals surface area contributed by atoms with Gasteiger partial charge in [0.1, 0.15) is 10.6 Å². The summed E-state index contributed by atoms with van der Waals surface area (Å²) >= 11 is 1.35. The largest absolute Gasteiger partial charge is 0.462 e. The molecule has 1 heterocycles. The number of carbonyl (C=O) groups excluding carboxylic acids is 2. The fraction of sp³-hybridized carbons (Fsp3) is 0.333. The Kier molecular flexibility index (Phi) is 5.93. The van der Waals surface area contributed by atoms with Crippen molar-refractivity contribution >= 4 is 28.2 Å². The van der Waals surface area contributed by atoms with Gasteiger partial charge >= 0.3 is 5.97 Å². The average molecular weight is 331 g/mol. The van der Waals surface area contributed by atoms with E-state index in [0.717, 1.165) is 17.5 Å². The third-order valence-electron chi connectivity index (χ3n) is 3.52. The molecule has 4 nitrogen and oxygen atoms in total. The van der Waals surface area contributed by atoms with E-state index in [9.17, 15) is 9.59 Å². The fourth-order valence-corrected chi connectivity index (χ4v) is 3.18. The first-order chi connectivity index (χ1) is 11.1. The molecule has 1 amide bonds. The normalized spacial score (nSPS) is 10.4. The second kappa shape index (κ2) is 7.92. The molecule has 2 aromatic rings. The second-order valence-electron chi connectivity index (χ2n) is 5.03. The number of anilines is 1. The highest BCUT2D eigenvalue weighted by atomic mass is 32.1. The zero-order chi connectivity index (χ0) is 16.8. The van der Waals surface area contributed by atoms with Crippen molar-refractivity contribution in [1.82, 2.24) is 0 Å². The molecule has 2 rings (SSSR count). The first kappa shape index (κ1) is 17.2. The summed E-state index contributed by atoms with van der Waals surface area (Å²) in [6, 6.07) is 8.09. The number of carbonyl (C=O) groups is 2. The van der Waals surface area contributed by atoms with Gasteiger partial charge in [0.25, 0.3) is 0 Å². The molecule has 0 aliphatic rings. The van der Waals surface area contributed by atoms with Crippen LogP contribution in [0.15, 0.2) is 29.6 Å². The predicted octanol–water partition coefficient (Wildman–Crippen LogP) is 4.50. The van der Waals surface area contributed by atoms with Crippen molar-refractivity contribution < 1.29 is 14.3 Å². The van der Waals surface area contributed by atoms with Crippen molar-refractivity contribution in [2.45, 2.75) is 33.6 Å². The van der Waals surface area contributed by atoms with E-state index < -0.39 is 5.97 Å². The number of ether oxygens (including phenoxy) is 1. The average Bonchev–Trinajstić information content (AvgIpc) is 2.98. The van der Waals surface area contributed by atoms with Gasteiger partial charge in [0.2, 0.25) is 5.91 Å². The fourth-order valence-electron chi connectivity index (χ4n) is 2.20. The van der Waals surface area contributed by atoms with Crippen molar-refractivity contribution in [2.75, 3.05) is 11.9 Å². The smallest absolute Gasteiger partial charge is 0.341 e. The minimum Gasteiger partial charge on any atom is -0.462 e. The van der Waals surface area contributed by atoms with Crippen molar-refractivity contribution in [2.24, 2.45) is 0 Å². The summed E-state index contributed by atoms with van der Waals surface area (Å²) in [7, 11) is 0. The number of esters is 1. The topological polar surface area (TPSA) is 55.4 Å². The summed E-state index contributed by atoms with van der Waals surface area (Å²) in [6.45, 7) is 5.94. The summed E-state index contributed by atoms with van der Waals surface area (Å²) in [5.74, 6) is -0.528. The molecular formula is C18H21NO3S. The number of aryl methyl sites for hydroxylation is 1. The molecule has 122 valence electrons. The van der Waals surface area contributed by atoms with Gasteiger partial charge in [-0.3, -0.25) is 4.79 Å². The van der Waals surface area contributed by atoms with Gasteiger partial charge in [-0.15, -0.1) is 11.3 Å². The molecule has 0 fully saturated rings. The van der Waals surface area contributed by atoms with Crippen LogP contribution in [0.4, 0.5) is 5.00 Å². The number of thiophene rings is 1. The van der Waals surface area contributed by atoms with Gasteiger partial charge in [-0.25, -0.2) is 4.79 Å². The van der Waals surface area contributed by atoms with Crippen LogP contribution in [0.25, 0.3) is 11.1 Å². The van der Waals surface area contributed by atoms with E-state index in [1.165, 1.54) is 16.9 Å². The molecule has 0 unspecified atom stereocenters. The monoisotopic (exact) mass is 331 g/mol. The molecule has 1 aromatic carbocycles. The highest BCUT2D eigenvalue weighted by molar-refractivity contribution is 7.15. The molecule has 0 spiro atoms. The van der Waals surface area contributed by atoms with Crippen LogP contribution in [-0.4, -0.2) is 18.5 Å². The lowest BCUT2D eigenvalue weighted by Crippen LogP contribution is -2.13. The Hall–Kier alpha value is -2.14. The molecule has 0 radical (unpaired) electrons. The van der Waals surface area contributed by atoms with Crippen LogP contribution in [0.1, 0.15) is 43.1 Å². The molecule has 0 saturated carbocycles. The van der Waals surface area contributed by atoms with Crippen LogP contribution < -0.4 is 5.32 Å². The Labute approximate surface area is 140 Å². The summed E-state index contributed by atoms with van der Waals surface area (Å²) in [5.41, 5.74) is 3.41. The maximum atomic E-state index is 12.3. The van der Waals surface area contributed by atoms with Gasteiger partial charge in [0.05, 0.1) is 6.61 Å². The molecule has 23 heavy (non-hydrogen) atoms. The lowest BCUT2D eigenvalue weighted by atomic mass is 10.0. The minimum atomic E-state index is -0.408. The van der Waals surface area contributed by atoms with Crippen LogP contribution in [0.3, 0.4) is 0 Å². The Balaban J connectivity index is 2.45. The first-order valence-corrected chi connectivity index (χ1v) is 8.66. The molecule has 1 N–H and O–H groups in total. The first-order valence-electron chi connectivity index (χ1n) is 7.78. The van der Waals surface area contributed by atoms with Gasteiger partial charge in [-0.1, -0.05) is 38.1 Å². The molecule has 5 heteroatoms. The SMILES string of the molecule is CCOC(=O)c1c(-c2ccc(CC)cc2)csc1NC(=O)CC. The van der Waals surface area contributed by atoms with Gasteiger partial charge < -0.3 is 10.1 Å². The van der Waals surface area contributed by atoms with E-state index in [1.54, 1.807) is 13.8 Å². The third kappa shape index (κ3) is 3.99. The molecule has 0 saturated heterocycles. The van der Waals surface area contributed by atoms with Crippen LogP contribution in [-0.2, 0) is 16.0 Å². The van der Waals surface area contributed by atoms with Crippen molar-refractivity contribution in [3.05, 3.63) is 40.8 Å². The summed E-state index contributed by atoms with van der Waals surface area (Å²) < 4.78 is 5.17. The predicted molar refractivity (Wildman–Crippen MR) is 94.0 cm³/mol. The maximum absolute atomic E-state index is 12.3. The summed E-state index contributed by atoms with van der Waals surface area (Å²) in [5, 5.41) is 5.22. The Morgan fingerprint density at radius 1 is 1.13 bits per heavy atom. The number of nitrogens with one attached hydrogen (secondary N) is 1. The quantitative estimate of drug-likeness (QED) is 0.793. The number of amides is 1. The highest BCUT2D eigenvalue weighted by Crippen LogP contribution is 2.36.